The van der Waals surface area contributed by atoms with Crippen LogP contribution in [0.4, 0.5) is 5.69 Å². The van der Waals surface area contributed by atoms with E-state index in [1.54, 1.807) is 47.9 Å². The summed E-state index contributed by atoms with van der Waals surface area (Å²) in [5, 5.41) is 18.8. The Bertz CT molecular complexity index is 2360. The molecule has 1 saturated heterocycles. The van der Waals surface area contributed by atoms with Crippen LogP contribution in [0.3, 0.4) is 0 Å². The first-order valence-electron chi connectivity index (χ1n) is 16.9. The van der Waals surface area contributed by atoms with E-state index in [2.05, 4.69) is 48.4 Å². The van der Waals surface area contributed by atoms with Gasteiger partial charge in [0.25, 0.3) is 15.9 Å². The Balaban J connectivity index is 0.781. The molecule has 14 nitrogen and oxygen atoms in total. The van der Waals surface area contributed by atoms with E-state index in [1.165, 1.54) is 12.1 Å². The molecule has 53 heavy (non-hydrogen) atoms. The van der Waals surface area contributed by atoms with Crippen LogP contribution in [0.25, 0.3) is 21.1 Å². The number of carbonyl (C=O) groups excluding carboxylic acids is 1. The lowest BCUT2D eigenvalue weighted by Crippen LogP contribution is -2.37. The molecule has 1 aliphatic heterocycles. The minimum atomic E-state index is -3.91. The van der Waals surface area contributed by atoms with Crippen molar-refractivity contribution >= 4 is 54.1 Å². The van der Waals surface area contributed by atoms with E-state index in [-0.39, 0.29) is 43.3 Å². The van der Waals surface area contributed by atoms with E-state index >= 15 is 0 Å². The van der Waals surface area contributed by atoms with Crippen molar-refractivity contribution in [3.63, 3.8) is 0 Å². The highest BCUT2D eigenvalue weighted by Gasteiger charge is 2.23. The Morgan fingerprint density at radius 1 is 1.17 bits per heavy atom. The standard InChI is InChI=1S/C37H35N7O7S2/c1-24-2-7-30(36-35(24)26(19-38)21-41-36)43-53(46,47)29-5-3-25(4-6-29)20-40-33(45)23-48-15-16-49-34-18-28(51-42-34)22-44-13-9-27(10-14-44)50-32-8-12-39-31-11-17-52-37(31)32/h2-7,11,17-18,21,27,41,43H,9-10,13-16,20,22-23H2,1H3,(H,40,45). The number of nitriles is 1. The molecule has 0 spiro atoms. The highest BCUT2D eigenvalue weighted by Crippen LogP contribution is 2.31. The number of aromatic amines is 1. The number of H-pyrrole nitrogens is 1. The number of anilines is 1. The Labute approximate surface area is 309 Å². The molecule has 6 aromatic rings. The highest BCUT2D eigenvalue weighted by molar-refractivity contribution is 7.92. The zero-order valence-corrected chi connectivity index (χ0v) is 30.3. The summed E-state index contributed by atoms with van der Waals surface area (Å²) >= 11 is 1.59. The topological polar surface area (TPSA) is 185 Å². The molecule has 1 fully saturated rings. The molecule has 0 bridgehead atoms. The number of likely N-dealkylation sites (tertiary alicyclic amines) is 1. The normalized spacial score (nSPS) is 13.8. The van der Waals surface area contributed by atoms with Gasteiger partial charge in [-0.1, -0.05) is 18.2 Å². The first-order valence-corrected chi connectivity index (χ1v) is 19.2. The molecular formula is C37H35N7O7S2. The Kier molecular flexibility index (Phi) is 10.7. The number of carbonyl (C=O) groups is 1. The van der Waals surface area contributed by atoms with Gasteiger partial charge in [-0.3, -0.25) is 14.4 Å². The van der Waals surface area contributed by atoms with Gasteiger partial charge in [0, 0.05) is 43.5 Å². The summed E-state index contributed by atoms with van der Waals surface area (Å²) in [4.78, 5) is 21.9. The van der Waals surface area contributed by atoms with Crippen molar-refractivity contribution in [1.29, 1.82) is 5.26 Å². The fraction of sp³-hybridized carbons (Fsp3) is 0.297. The smallest absolute Gasteiger partial charge is 0.261 e. The number of aryl methyl sites for hydroxylation is 1. The minimum Gasteiger partial charge on any atom is -0.481 e. The third-order valence-corrected chi connectivity index (χ3v) is 11.1. The number of piperidine rings is 1. The Hall–Kier alpha value is -5.65. The van der Waals surface area contributed by atoms with Crippen molar-refractivity contribution in [2.75, 3.05) is 37.6 Å². The summed E-state index contributed by atoms with van der Waals surface area (Å²) in [5.74, 6) is 1.43. The van der Waals surface area contributed by atoms with Gasteiger partial charge < -0.3 is 29.0 Å². The predicted octanol–water partition coefficient (Wildman–Crippen LogP) is 5.10. The Morgan fingerprint density at radius 2 is 2.00 bits per heavy atom. The summed E-state index contributed by atoms with van der Waals surface area (Å²) in [6.07, 6.45) is 6.20. The summed E-state index contributed by atoms with van der Waals surface area (Å²) in [7, 11) is -3.91. The van der Waals surface area contributed by atoms with Crippen molar-refractivity contribution < 1.29 is 31.9 Å². The number of benzene rings is 2. The number of amides is 1. The quantitative estimate of drug-likeness (QED) is 0.119. The van der Waals surface area contributed by atoms with Crippen molar-refractivity contribution in [3.8, 4) is 17.7 Å². The lowest BCUT2D eigenvalue weighted by molar-refractivity contribution is -0.126. The lowest BCUT2D eigenvalue weighted by Gasteiger charge is -2.31. The third-order valence-electron chi connectivity index (χ3n) is 8.78. The second kappa shape index (κ2) is 15.9. The SMILES string of the molecule is Cc1ccc(NS(=O)(=O)c2ccc(CNC(=O)COCCOc3cc(CN4CCC(Oc5c#cnc6ccsc56)CC4)on3)cc2)c2[nH]cc(C#N)c12. The monoisotopic (exact) mass is 753 g/mol. The highest BCUT2D eigenvalue weighted by atomic mass is 32.2. The zero-order valence-electron chi connectivity index (χ0n) is 28.7. The summed E-state index contributed by atoms with van der Waals surface area (Å²) in [6.45, 7) is 4.54. The Morgan fingerprint density at radius 3 is 2.81 bits per heavy atom. The fourth-order valence-electron chi connectivity index (χ4n) is 6.05. The van der Waals surface area contributed by atoms with E-state index < -0.39 is 10.0 Å². The van der Waals surface area contributed by atoms with Crippen molar-refractivity contribution in [2.24, 2.45) is 0 Å². The molecule has 272 valence electrons. The number of fused-ring (bicyclic) bond motifs is 2. The summed E-state index contributed by atoms with van der Waals surface area (Å²) < 4.78 is 52.6. The summed E-state index contributed by atoms with van der Waals surface area (Å²) in [6, 6.07) is 18.4. The van der Waals surface area contributed by atoms with Gasteiger partial charge in [-0.2, -0.15) is 10.2 Å². The molecule has 0 atom stereocenters. The van der Waals surface area contributed by atoms with E-state index in [0.29, 0.717) is 51.7 Å². The molecule has 4 aromatic heterocycles. The van der Waals surface area contributed by atoms with Crippen molar-refractivity contribution in [1.82, 2.24) is 25.3 Å². The van der Waals surface area contributed by atoms with Crippen molar-refractivity contribution in [2.45, 2.75) is 43.9 Å². The van der Waals surface area contributed by atoms with Gasteiger partial charge in [0.2, 0.25) is 5.91 Å². The van der Waals surface area contributed by atoms with Gasteiger partial charge in [-0.25, -0.2) is 8.42 Å². The van der Waals surface area contributed by atoms with Crippen LogP contribution < -0.4 is 19.5 Å². The number of sulfonamides is 1. The van der Waals surface area contributed by atoms with E-state index in [0.717, 1.165) is 41.7 Å². The van der Waals surface area contributed by atoms with Gasteiger partial charge in [-0.15, -0.1) is 11.3 Å². The number of ether oxygens (including phenoxy) is 3. The molecule has 1 aliphatic rings. The molecule has 2 aromatic carbocycles. The number of thiophene rings is 1. The van der Waals surface area contributed by atoms with Crippen LogP contribution in [0.5, 0.6) is 11.6 Å². The molecule has 3 N–H and O–H groups in total. The lowest BCUT2D eigenvalue weighted by atomic mass is 10.1. The summed E-state index contributed by atoms with van der Waals surface area (Å²) in [5.41, 5.74) is 3.76. The number of aromatic nitrogens is 3. The minimum absolute atomic E-state index is 0.0568. The van der Waals surface area contributed by atoms with Crippen LogP contribution in [0.1, 0.15) is 35.3 Å². The molecule has 16 heteroatoms. The average molecular weight is 754 g/mol. The average Bonchev–Trinajstić information content (AvgIpc) is 3.94. The molecule has 0 radical (unpaired) electrons. The van der Waals surface area contributed by atoms with Crippen LogP contribution in [0, 0.1) is 30.5 Å². The number of hydrogen-bond acceptors (Lipinski definition) is 12. The van der Waals surface area contributed by atoms with Gasteiger partial charge in [-0.05, 0) is 71.8 Å². The van der Waals surface area contributed by atoms with Crippen molar-refractivity contribution in [3.05, 3.63) is 94.8 Å². The van der Waals surface area contributed by atoms with Gasteiger partial charge in [0.15, 0.2) is 11.5 Å². The first kappa shape index (κ1) is 35.7. The molecule has 1 amide bonds. The first-order chi connectivity index (χ1) is 25.8. The molecule has 0 saturated carbocycles. The van der Waals surface area contributed by atoms with E-state index in [9.17, 15) is 18.5 Å². The second-order valence-electron chi connectivity index (χ2n) is 12.5. The molecular weight excluding hydrogens is 719 g/mol. The van der Waals surface area contributed by atoms with E-state index in [4.69, 9.17) is 18.7 Å². The molecule has 7 rings (SSSR count). The number of nitrogens with one attached hydrogen (secondary N) is 3. The van der Waals surface area contributed by atoms with Crippen LogP contribution >= 0.6 is 11.3 Å². The predicted molar refractivity (Wildman–Crippen MR) is 196 cm³/mol. The van der Waals surface area contributed by atoms with E-state index in [1.807, 2.05) is 18.4 Å². The number of nitrogens with zero attached hydrogens (tertiary/aromatic N) is 4. The number of hydrogen-bond donors (Lipinski definition) is 3. The van der Waals surface area contributed by atoms with Gasteiger partial charge in [0.05, 0.1) is 40.3 Å². The largest absolute Gasteiger partial charge is 0.481 e. The maximum Gasteiger partial charge on any atom is 0.261 e. The molecule has 0 unspecified atom stereocenters. The van der Waals surface area contributed by atoms with Gasteiger partial charge >= 0.3 is 0 Å². The zero-order chi connectivity index (χ0) is 36.8. The van der Waals surface area contributed by atoms with Crippen LogP contribution in [-0.4, -0.2) is 73.4 Å². The second-order valence-corrected chi connectivity index (χ2v) is 15.1. The molecule has 0 aliphatic carbocycles. The van der Waals surface area contributed by atoms with Crippen LogP contribution in [0.2, 0.25) is 0 Å². The van der Waals surface area contributed by atoms with Gasteiger partial charge in [0.1, 0.15) is 30.1 Å². The maximum absolute atomic E-state index is 13.1. The third kappa shape index (κ3) is 8.54. The molecule has 5 heterocycles. The van der Waals surface area contributed by atoms with Crippen LogP contribution in [0.15, 0.2) is 69.5 Å². The van der Waals surface area contributed by atoms with Crippen LogP contribution in [-0.2, 0) is 32.6 Å². The number of rotatable bonds is 15. The fourth-order valence-corrected chi connectivity index (χ4v) is 7.90. The maximum atomic E-state index is 13.1.